The lowest BCUT2D eigenvalue weighted by Crippen LogP contribution is -2.33. The monoisotopic (exact) mass is 352 g/mol. The second-order valence-corrected chi connectivity index (χ2v) is 6.33. The molecule has 0 bridgehead atoms. The van der Waals surface area contributed by atoms with Crippen molar-refractivity contribution < 1.29 is 30.8 Å². The number of sulfonamides is 1. The fraction of sp³-hybridized carbons (Fsp3) is 0.364. The fourth-order valence-corrected chi connectivity index (χ4v) is 2.77. The Hall–Kier alpha value is -2.37. The highest BCUT2D eigenvalue weighted by molar-refractivity contribution is 7.89. The number of nitrogens with one attached hydrogen (secondary N) is 1. The van der Waals surface area contributed by atoms with E-state index in [0.717, 1.165) is 18.0 Å². The van der Waals surface area contributed by atoms with Crippen LogP contribution in [0.2, 0.25) is 0 Å². The first-order valence-corrected chi connectivity index (χ1v) is 7.69. The summed E-state index contributed by atoms with van der Waals surface area (Å²) >= 11 is 0. The van der Waals surface area contributed by atoms with Gasteiger partial charge in [0.05, 0.1) is 5.69 Å². The van der Waals surface area contributed by atoms with Gasteiger partial charge in [-0.2, -0.15) is 13.2 Å². The first-order valence-electron chi connectivity index (χ1n) is 6.04. The standard InChI is InChI=1S/C11H11F3N4O4S/c1-6-7(15-5-22-6)4-23(20,21)17-10(19)9-16-8(3-18(9)2)11(12,13)14/h3,5H,4H2,1-2H3,(H,17,19). The Morgan fingerprint density at radius 2 is 2.09 bits per heavy atom. The van der Waals surface area contributed by atoms with Gasteiger partial charge < -0.3 is 8.98 Å². The molecule has 2 aromatic heterocycles. The smallest absolute Gasteiger partial charge is 0.434 e. The van der Waals surface area contributed by atoms with Gasteiger partial charge in [-0.25, -0.2) is 23.1 Å². The van der Waals surface area contributed by atoms with Gasteiger partial charge in [-0.3, -0.25) is 4.79 Å². The van der Waals surface area contributed by atoms with Crippen LogP contribution in [0.4, 0.5) is 13.2 Å². The second kappa shape index (κ2) is 5.68. The SMILES string of the molecule is Cc1ocnc1CS(=O)(=O)NC(=O)c1nc(C(F)(F)F)cn1C. The molecular weight excluding hydrogens is 341 g/mol. The molecule has 0 atom stereocenters. The van der Waals surface area contributed by atoms with Crippen LogP contribution in [0.15, 0.2) is 17.0 Å². The van der Waals surface area contributed by atoms with E-state index in [-0.39, 0.29) is 11.5 Å². The van der Waals surface area contributed by atoms with Crippen LogP contribution in [0, 0.1) is 6.92 Å². The third kappa shape index (κ3) is 3.88. The predicted octanol–water partition coefficient (Wildman–Crippen LogP) is 0.995. The molecule has 0 aliphatic carbocycles. The first kappa shape index (κ1) is 17.0. The van der Waals surface area contributed by atoms with Crippen LogP contribution in [0.3, 0.4) is 0 Å². The number of amides is 1. The van der Waals surface area contributed by atoms with Crippen molar-refractivity contribution in [3.05, 3.63) is 35.6 Å². The van der Waals surface area contributed by atoms with Crippen molar-refractivity contribution in [3.8, 4) is 0 Å². The van der Waals surface area contributed by atoms with Crippen molar-refractivity contribution >= 4 is 15.9 Å². The highest BCUT2D eigenvalue weighted by Crippen LogP contribution is 2.28. The van der Waals surface area contributed by atoms with Gasteiger partial charge in [-0.15, -0.1) is 0 Å². The number of nitrogens with zero attached hydrogens (tertiary/aromatic N) is 3. The summed E-state index contributed by atoms with van der Waals surface area (Å²) in [5, 5.41) is 0. The molecule has 1 N–H and O–H groups in total. The van der Waals surface area contributed by atoms with E-state index in [4.69, 9.17) is 4.42 Å². The Kier molecular flexibility index (Phi) is 4.20. The Balaban J connectivity index is 2.19. The molecule has 0 aliphatic heterocycles. The molecule has 0 aliphatic rings. The van der Waals surface area contributed by atoms with Crippen LogP contribution in [0.1, 0.15) is 27.8 Å². The zero-order valence-corrected chi connectivity index (χ0v) is 12.7. The number of aromatic nitrogens is 3. The first-order chi connectivity index (χ1) is 10.5. The van der Waals surface area contributed by atoms with Crippen molar-refractivity contribution in [2.75, 3.05) is 0 Å². The number of rotatable bonds is 4. The highest BCUT2D eigenvalue weighted by atomic mass is 32.2. The highest BCUT2D eigenvalue weighted by Gasteiger charge is 2.35. The van der Waals surface area contributed by atoms with Crippen LogP contribution in [-0.2, 0) is 29.0 Å². The number of carbonyl (C=O) groups excluding carboxylic acids is 1. The third-order valence-corrected chi connectivity index (χ3v) is 3.94. The van der Waals surface area contributed by atoms with Gasteiger partial charge in [-0.05, 0) is 6.92 Å². The second-order valence-electron chi connectivity index (χ2n) is 4.60. The molecule has 0 unspecified atom stereocenters. The van der Waals surface area contributed by atoms with Gasteiger partial charge in [0.2, 0.25) is 10.0 Å². The Morgan fingerprint density at radius 1 is 1.43 bits per heavy atom. The van der Waals surface area contributed by atoms with Crippen LogP contribution in [0.25, 0.3) is 0 Å². The number of oxazole rings is 1. The van der Waals surface area contributed by atoms with E-state index in [9.17, 15) is 26.4 Å². The van der Waals surface area contributed by atoms with E-state index in [1.165, 1.54) is 6.92 Å². The van der Waals surface area contributed by atoms with E-state index in [0.29, 0.717) is 6.20 Å². The van der Waals surface area contributed by atoms with Gasteiger partial charge in [0.1, 0.15) is 11.5 Å². The number of hydrogen-bond donors (Lipinski definition) is 1. The minimum Gasteiger partial charge on any atom is -0.448 e. The summed E-state index contributed by atoms with van der Waals surface area (Å²) < 4.78 is 68.6. The molecular formula is C11H11F3N4O4S. The summed E-state index contributed by atoms with van der Waals surface area (Å²) in [4.78, 5) is 18.6. The normalized spacial score (nSPS) is 12.4. The van der Waals surface area contributed by atoms with Gasteiger partial charge in [0, 0.05) is 13.2 Å². The van der Waals surface area contributed by atoms with Gasteiger partial charge in [0.15, 0.2) is 17.9 Å². The fourth-order valence-electron chi connectivity index (χ4n) is 1.68. The van der Waals surface area contributed by atoms with Crippen molar-refractivity contribution in [2.45, 2.75) is 18.9 Å². The maximum Gasteiger partial charge on any atom is 0.434 e. The quantitative estimate of drug-likeness (QED) is 0.879. The Morgan fingerprint density at radius 3 is 2.57 bits per heavy atom. The summed E-state index contributed by atoms with van der Waals surface area (Å²) in [5.74, 6) is -2.36. The molecule has 0 saturated heterocycles. The maximum atomic E-state index is 12.5. The predicted molar refractivity (Wildman–Crippen MR) is 69.5 cm³/mol. The largest absolute Gasteiger partial charge is 0.448 e. The summed E-state index contributed by atoms with van der Waals surface area (Å²) in [7, 11) is -3.03. The van der Waals surface area contributed by atoms with E-state index < -0.39 is 39.4 Å². The number of alkyl halides is 3. The Bertz CT molecular complexity index is 838. The lowest BCUT2D eigenvalue weighted by Gasteiger charge is -2.05. The molecule has 0 aromatic carbocycles. The molecule has 2 heterocycles. The zero-order valence-electron chi connectivity index (χ0n) is 11.9. The number of halogens is 3. The molecule has 0 fully saturated rings. The maximum absolute atomic E-state index is 12.5. The van der Waals surface area contributed by atoms with Crippen molar-refractivity contribution in [1.29, 1.82) is 0 Å². The number of aryl methyl sites for hydroxylation is 2. The van der Waals surface area contributed by atoms with Crippen LogP contribution >= 0.6 is 0 Å². The summed E-state index contributed by atoms with van der Waals surface area (Å²) in [6, 6.07) is 0. The minimum atomic E-state index is -4.74. The van der Waals surface area contributed by atoms with Gasteiger partial charge in [-0.1, -0.05) is 0 Å². The number of hydrogen-bond acceptors (Lipinski definition) is 6. The van der Waals surface area contributed by atoms with Crippen LogP contribution in [0.5, 0.6) is 0 Å². The van der Waals surface area contributed by atoms with E-state index in [1.54, 1.807) is 4.72 Å². The lowest BCUT2D eigenvalue weighted by molar-refractivity contribution is -0.141. The van der Waals surface area contributed by atoms with E-state index >= 15 is 0 Å². The average molecular weight is 352 g/mol. The summed E-state index contributed by atoms with van der Waals surface area (Å²) in [6.07, 6.45) is -3.12. The Labute approximate surface area is 128 Å². The molecule has 126 valence electrons. The molecule has 2 rings (SSSR count). The number of carbonyl (C=O) groups is 1. The molecule has 0 spiro atoms. The van der Waals surface area contributed by atoms with Crippen molar-refractivity contribution in [2.24, 2.45) is 7.05 Å². The van der Waals surface area contributed by atoms with Crippen LogP contribution in [-0.4, -0.2) is 28.9 Å². The van der Waals surface area contributed by atoms with Gasteiger partial charge >= 0.3 is 12.1 Å². The molecule has 23 heavy (non-hydrogen) atoms. The molecule has 1 amide bonds. The molecule has 12 heteroatoms. The van der Waals surface area contributed by atoms with Crippen molar-refractivity contribution in [1.82, 2.24) is 19.3 Å². The summed E-state index contributed by atoms with van der Waals surface area (Å²) in [6.45, 7) is 1.48. The number of imidazole rings is 1. The van der Waals surface area contributed by atoms with Crippen LogP contribution < -0.4 is 4.72 Å². The molecule has 0 radical (unpaired) electrons. The molecule has 0 saturated carbocycles. The van der Waals surface area contributed by atoms with E-state index in [2.05, 4.69) is 9.97 Å². The molecule has 2 aromatic rings. The zero-order chi connectivity index (χ0) is 17.4. The lowest BCUT2D eigenvalue weighted by atomic mass is 10.4. The molecule has 8 nitrogen and oxygen atoms in total. The third-order valence-electron chi connectivity index (χ3n) is 2.79. The average Bonchev–Trinajstić information content (AvgIpc) is 2.95. The topological polar surface area (TPSA) is 107 Å². The van der Waals surface area contributed by atoms with Crippen molar-refractivity contribution in [3.63, 3.8) is 0 Å². The summed E-state index contributed by atoms with van der Waals surface area (Å²) in [5.41, 5.74) is -1.21. The van der Waals surface area contributed by atoms with E-state index in [1.807, 2.05) is 0 Å². The van der Waals surface area contributed by atoms with Gasteiger partial charge in [0.25, 0.3) is 0 Å². The minimum absolute atomic E-state index is 0.0844.